The molecular weight excluding hydrogens is 709 g/mol. The van der Waals surface area contributed by atoms with Crippen molar-refractivity contribution in [3.05, 3.63) is 113 Å². The van der Waals surface area contributed by atoms with E-state index in [1.165, 1.54) is 17.4 Å². The minimum absolute atomic E-state index is 0.0496. The minimum Gasteiger partial charge on any atom is -0.485 e. The fourth-order valence-electron chi connectivity index (χ4n) is 7.37. The van der Waals surface area contributed by atoms with Crippen LogP contribution in [-0.4, -0.2) is 74.0 Å². The summed E-state index contributed by atoms with van der Waals surface area (Å²) in [5.41, 5.74) is 4.57. The number of pyridine rings is 1. The first-order valence-corrected chi connectivity index (χ1v) is 20.5. The number of carboxylic acids is 1. The first kappa shape index (κ1) is 37.6. The quantitative estimate of drug-likeness (QED) is 0.184. The van der Waals surface area contributed by atoms with E-state index >= 15 is 0 Å². The number of aromatic nitrogens is 1. The molecular formula is C41H48N4O8S. The Bertz CT molecular complexity index is 1970. The lowest BCUT2D eigenvalue weighted by Crippen LogP contribution is -2.43. The van der Waals surface area contributed by atoms with Gasteiger partial charge in [-0.1, -0.05) is 60.7 Å². The van der Waals surface area contributed by atoms with Gasteiger partial charge in [0.1, 0.15) is 13.2 Å². The van der Waals surface area contributed by atoms with Crippen LogP contribution in [-0.2, 0) is 27.9 Å². The molecule has 286 valence electrons. The zero-order valence-corrected chi connectivity index (χ0v) is 31.2. The van der Waals surface area contributed by atoms with Gasteiger partial charge < -0.3 is 29.4 Å². The average molecular weight is 757 g/mol. The summed E-state index contributed by atoms with van der Waals surface area (Å²) in [6.07, 6.45) is 6.76. The van der Waals surface area contributed by atoms with Gasteiger partial charge in [-0.2, -0.15) is 0 Å². The van der Waals surface area contributed by atoms with Crippen molar-refractivity contribution in [3.8, 4) is 23.1 Å². The zero-order chi connectivity index (χ0) is 37.5. The Kier molecular flexibility index (Phi) is 12.0. The van der Waals surface area contributed by atoms with Gasteiger partial charge in [0.05, 0.1) is 12.2 Å². The lowest BCUT2D eigenvalue weighted by Gasteiger charge is -2.32. The third kappa shape index (κ3) is 10.1. The highest BCUT2D eigenvalue weighted by molar-refractivity contribution is 7.88. The summed E-state index contributed by atoms with van der Waals surface area (Å²) < 4.78 is 48.9. The van der Waals surface area contributed by atoms with Crippen LogP contribution in [0.15, 0.2) is 91.1 Å². The van der Waals surface area contributed by atoms with E-state index in [0.29, 0.717) is 30.9 Å². The molecule has 3 N–H and O–H groups in total. The van der Waals surface area contributed by atoms with Crippen molar-refractivity contribution >= 4 is 16.0 Å². The Morgan fingerprint density at radius 3 is 2.07 bits per heavy atom. The predicted octanol–water partition coefficient (Wildman–Crippen LogP) is 5.65. The van der Waals surface area contributed by atoms with E-state index in [-0.39, 0.29) is 24.2 Å². The van der Waals surface area contributed by atoms with Gasteiger partial charge in [0.15, 0.2) is 29.5 Å². The van der Waals surface area contributed by atoms with Crippen LogP contribution < -0.4 is 29.0 Å². The molecule has 4 heterocycles. The molecule has 54 heavy (non-hydrogen) atoms. The number of benzene rings is 3. The average Bonchev–Trinajstić information content (AvgIpc) is 3.68. The van der Waals surface area contributed by atoms with Crippen LogP contribution in [0.1, 0.15) is 66.6 Å². The maximum Gasteiger partial charge on any atom is 0.306 e. The van der Waals surface area contributed by atoms with Gasteiger partial charge in [-0.25, -0.2) is 18.1 Å². The second kappa shape index (κ2) is 17.2. The fourth-order valence-corrected chi connectivity index (χ4v) is 8.21. The van der Waals surface area contributed by atoms with Crippen LogP contribution in [0.25, 0.3) is 0 Å². The minimum atomic E-state index is -3.13. The number of nitrogens with one attached hydrogen (secondary N) is 2. The number of aliphatic carboxylic acids is 1. The lowest BCUT2D eigenvalue weighted by molar-refractivity contribution is -0.141. The molecule has 3 aliphatic heterocycles. The van der Waals surface area contributed by atoms with Crippen LogP contribution >= 0.6 is 0 Å². The van der Waals surface area contributed by atoms with E-state index in [4.69, 9.17) is 24.1 Å². The first-order valence-electron chi connectivity index (χ1n) is 18.6. The number of sulfonamides is 1. The molecule has 0 amide bonds. The Balaban J connectivity index is 0.000000167. The van der Waals surface area contributed by atoms with E-state index in [9.17, 15) is 13.2 Å². The molecule has 12 nitrogen and oxygen atoms in total. The number of nitrogens with zero attached hydrogens (tertiary/aromatic N) is 2. The number of piperidine rings is 1. The largest absolute Gasteiger partial charge is 0.485 e. The van der Waals surface area contributed by atoms with E-state index in [2.05, 4.69) is 68.5 Å². The molecule has 1 saturated carbocycles. The Hall–Kier alpha value is -4.69. The van der Waals surface area contributed by atoms with Gasteiger partial charge in [0.2, 0.25) is 10.0 Å². The number of para-hydroxylation sites is 2. The summed E-state index contributed by atoms with van der Waals surface area (Å²) in [7, 11) is -3.13. The third-order valence-electron chi connectivity index (χ3n) is 10.3. The van der Waals surface area contributed by atoms with Gasteiger partial charge in [0.25, 0.3) is 5.88 Å². The highest BCUT2D eigenvalue weighted by atomic mass is 32.2. The van der Waals surface area contributed by atoms with Crippen molar-refractivity contribution in [3.63, 3.8) is 0 Å². The van der Waals surface area contributed by atoms with Crippen molar-refractivity contribution in [2.75, 3.05) is 32.6 Å². The number of likely N-dealkylation sites (tertiary alicyclic amines) is 1. The molecule has 8 rings (SSSR count). The monoisotopic (exact) mass is 756 g/mol. The second-order valence-electron chi connectivity index (χ2n) is 14.4. The van der Waals surface area contributed by atoms with Crippen molar-refractivity contribution in [1.82, 2.24) is 19.9 Å². The number of ether oxygens (including phenoxy) is 4. The molecule has 1 aromatic heterocycles. The van der Waals surface area contributed by atoms with Gasteiger partial charge in [0, 0.05) is 44.5 Å². The first-order chi connectivity index (χ1) is 26.1. The summed E-state index contributed by atoms with van der Waals surface area (Å²) in [5, 5.41) is 12.6. The maximum absolute atomic E-state index is 11.4. The van der Waals surface area contributed by atoms with Gasteiger partial charge in [-0.05, 0) is 78.6 Å². The van der Waals surface area contributed by atoms with Gasteiger partial charge in [-0.15, -0.1) is 0 Å². The molecule has 13 heteroatoms. The Morgan fingerprint density at radius 2 is 1.41 bits per heavy atom. The van der Waals surface area contributed by atoms with Crippen LogP contribution in [0.4, 0.5) is 0 Å². The number of fused-ring (bicyclic) bond motifs is 2. The van der Waals surface area contributed by atoms with E-state index < -0.39 is 16.0 Å². The van der Waals surface area contributed by atoms with Crippen LogP contribution in [0.2, 0.25) is 0 Å². The lowest BCUT2D eigenvalue weighted by atomic mass is 10.0. The highest BCUT2D eigenvalue weighted by Crippen LogP contribution is 2.36. The molecule has 0 bridgehead atoms. The van der Waals surface area contributed by atoms with E-state index in [1.807, 2.05) is 36.4 Å². The molecule has 1 aliphatic carbocycles. The molecule has 4 aromatic rings. The molecule has 4 atom stereocenters. The van der Waals surface area contributed by atoms with E-state index in [0.717, 1.165) is 80.9 Å². The predicted molar refractivity (Wildman–Crippen MR) is 203 cm³/mol. The smallest absolute Gasteiger partial charge is 0.306 e. The van der Waals surface area contributed by atoms with Gasteiger partial charge >= 0.3 is 5.97 Å². The van der Waals surface area contributed by atoms with Crippen LogP contribution in [0, 0.1) is 5.92 Å². The second-order valence-corrected chi connectivity index (χ2v) is 16.2. The van der Waals surface area contributed by atoms with Crippen molar-refractivity contribution in [2.24, 2.45) is 5.92 Å². The standard InChI is InChI=1S/C21H23NO4.C20H25N3O4S/c23-21(24)16-9-10-17(11-16)22-12-14-5-7-15(8-6-14)20-13-25-18-3-1-2-4-19(18)26-20;1-28(24,25)22-17-8-11-23(12-9-17)13-15-4-6-16(7-5-15)19-14-26-18-3-2-10-21-20(18)27-19/h1-8,16-17,20,22H,9-13H2,(H,23,24);2-7,10,17,19,22H,8-9,11-14H2,1H3/t16-,17+,20+;19-/m01/s1. The number of carboxylic acid groups (broad SMARTS) is 1. The summed E-state index contributed by atoms with van der Waals surface area (Å²) in [6, 6.07) is 28.5. The SMILES string of the molecule is CS(=O)(=O)NC1CCN(Cc2ccc([C@H]3COc4cccnc4O3)cc2)CC1.O=C(O)[C@H]1CC[C@@H](NCc2ccc([C@H]3COc4ccccc4O3)cc2)C1. The molecule has 2 fully saturated rings. The van der Waals surface area contributed by atoms with Crippen LogP contribution in [0.3, 0.4) is 0 Å². The van der Waals surface area contributed by atoms with Gasteiger partial charge in [-0.3, -0.25) is 9.69 Å². The topological polar surface area (TPSA) is 149 Å². The zero-order valence-electron chi connectivity index (χ0n) is 30.4. The molecule has 3 aromatic carbocycles. The number of hydrogen-bond donors (Lipinski definition) is 3. The van der Waals surface area contributed by atoms with Crippen molar-refractivity contribution in [1.29, 1.82) is 0 Å². The van der Waals surface area contributed by atoms with Crippen molar-refractivity contribution < 1.29 is 37.3 Å². The molecule has 0 radical (unpaired) electrons. The van der Waals surface area contributed by atoms with E-state index in [1.54, 1.807) is 6.20 Å². The number of rotatable bonds is 10. The molecule has 0 spiro atoms. The van der Waals surface area contributed by atoms with Crippen LogP contribution in [0.5, 0.6) is 23.1 Å². The third-order valence-corrected chi connectivity index (χ3v) is 11.1. The number of carbonyl (C=O) groups is 1. The Morgan fingerprint density at radius 1 is 0.778 bits per heavy atom. The fraction of sp³-hybridized carbons (Fsp3) is 0.415. The molecule has 0 unspecified atom stereocenters. The summed E-state index contributed by atoms with van der Waals surface area (Å²) >= 11 is 0. The number of hydrogen-bond acceptors (Lipinski definition) is 10. The summed E-state index contributed by atoms with van der Waals surface area (Å²) in [4.78, 5) is 17.6. The normalized spacial score (nSPS) is 22.5. The highest BCUT2D eigenvalue weighted by Gasteiger charge is 2.29. The molecule has 4 aliphatic rings. The summed E-state index contributed by atoms with van der Waals surface area (Å²) in [6.45, 7) is 4.36. The van der Waals surface area contributed by atoms with Crippen molar-refractivity contribution in [2.45, 2.75) is 69.5 Å². The molecule has 1 saturated heterocycles. The Labute approximate surface area is 316 Å². The maximum atomic E-state index is 11.4. The summed E-state index contributed by atoms with van der Waals surface area (Å²) in [5.74, 6) is 1.93.